The lowest BCUT2D eigenvalue weighted by atomic mass is 9.96. The van der Waals surface area contributed by atoms with Crippen LogP contribution in [0.5, 0.6) is 0 Å². The molecule has 1 saturated heterocycles. The van der Waals surface area contributed by atoms with Crippen LogP contribution in [-0.4, -0.2) is 36.2 Å². The highest BCUT2D eigenvalue weighted by Crippen LogP contribution is 2.21. The van der Waals surface area contributed by atoms with Gasteiger partial charge in [0.25, 0.3) is 0 Å². The lowest BCUT2D eigenvalue weighted by Gasteiger charge is -2.32. The van der Waals surface area contributed by atoms with Crippen LogP contribution in [0.4, 0.5) is 0 Å². The fourth-order valence-electron chi connectivity index (χ4n) is 3.27. The summed E-state index contributed by atoms with van der Waals surface area (Å²) in [5, 5.41) is 3.86. The molecule has 1 unspecified atom stereocenters. The maximum absolute atomic E-state index is 12.5. The average Bonchev–Trinajstić information content (AvgIpc) is 2.67. The van der Waals surface area contributed by atoms with Gasteiger partial charge < -0.3 is 5.32 Å². The number of amides is 1. The van der Waals surface area contributed by atoms with Gasteiger partial charge in [-0.1, -0.05) is 41.9 Å². The zero-order valence-corrected chi connectivity index (χ0v) is 16.4. The molecule has 1 heterocycles. The third kappa shape index (κ3) is 6.04. The van der Waals surface area contributed by atoms with Crippen LogP contribution in [0, 0.1) is 5.92 Å². The number of carbonyl (C=O) groups excluding carboxylic acids is 1. The zero-order valence-electron chi connectivity index (χ0n) is 14.9. The highest BCUT2D eigenvalue weighted by atomic mass is 35.5. The summed E-state index contributed by atoms with van der Waals surface area (Å²) in [4.78, 5) is 16.1. The second-order valence-electron chi connectivity index (χ2n) is 6.65. The van der Waals surface area contributed by atoms with Gasteiger partial charge in [0.05, 0.1) is 5.92 Å². The van der Waals surface area contributed by atoms with E-state index >= 15 is 0 Å². The Morgan fingerprint density at radius 3 is 2.69 bits per heavy atom. The Morgan fingerprint density at radius 2 is 1.92 bits per heavy atom. The van der Waals surface area contributed by atoms with Gasteiger partial charge in [-0.05, 0) is 49.2 Å². The number of nitrogens with one attached hydrogen (secondary N) is 1. The third-order valence-electron chi connectivity index (χ3n) is 4.61. The number of thioether (sulfide) groups is 1. The van der Waals surface area contributed by atoms with E-state index in [1.807, 2.05) is 30.3 Å². The highest BCUT2D eigenvalue weighted by molar-refractivity contribution is 7.99. The first-order chi connectivity index (χ1) is 12.7. The molecule has 5 heteroatoms. The van der Waals surface area contributed by atoms with Crippen molar-refractivity contribution in [1.29, 1.82) is 0 Å². The smallest absolute Gasteiger partial charge is 0.224 e. The molecule has 1 amide bonds. The Labute approximate surface area is 165 Å². The summed E-state index contributed by atoms with van der Waals surface area (Å²) in [6.45, 7) is 3.55. The minimum Gasteiger partial charge on any atom is -0.355 e. The minimum atomic E-state index is 0.105. The number of benzene rings is 2. The zero-order chi connectivity index (χ0) is 18.2. The van der Waals surface area contributed by atoms with Gasteiger partial charge in [-0.3, -0.25) is 9.69 Å². The Hall–Kier alpha value is -1.49. The van der Waals surface area contributed by atoms with Crippen molar-refractivity contribution in [1.82, 2.24) is 10.2 Å². The van der Waals surface area contributed by atoms with Crippen LogP contribution in [0.1, 0.15) is 18.4 Å². The number of rotatable bonds is 7. The molecule has 2 aromatic rings. The van der Waals surface area contributed by atoms with Gasteiger partial charge >= 0.3 is 0 Å². The van der Waals surface area contributed by atoms with E-state index in [-0.39, 0.29) is 11.8 Å². The van der Waals surface area contributed by atoms with E-state index in [4.69, 9.17) is 11.6 Å². The van der Waals surface area contributed by atoms with E-state index in [0.717, 1.165) is 43.3 Å². The Kier molecular flexibility index (Phi) is 7.42. The first kappa shape index (κ1) is 19.3. The number of likely N-dealkylation sites (tertiary alicyclic amines) is 1. The Bertz CT molecular complexity index is 693. The summed E-state index contributed by atoms with van der Waals surface area (Å²) in [7, 11) is 0. The largest absolute Gasteiger partial charge is 0.355 e. The van der Waals surface area contributed by atoms with Crippen molar-refractivity contribution in [2.45, 2.75) is 24.3 Å². The molecule has 0 saturated carbocycles. The van der Waals surface area contributed by atoms with Gasteiger partial charge in [0.15, 0.2) is 0 Å². The molecule has 0 aliphatic carbocycles. The van der Waals surface area contributed by atoms with Crippen molar-refractivity contribution in [2.24, 2.45) is 5.92 Å². The molecule has 3 nitrogen and oxygen atoms in total. The van der Waals surface area contributed by atoms with Crippen molar-refractivity contribution < 1.29 is 4.79 Å². The molecule has 1 aliphatic heterocycles. The summed E-state index contributed by atoms with van der Waals surface area (Å²) in [5.74, 6) is 1.17. The normalized spacial score (nSPS) is 17.8. The molecule has 0 aromatic heterocycles. The molecule has 138 valence electrons. The fourth-order valence-corrected chi connectivity index (χ4v) is 4.17. The standard InChI is InChI=1S/C21H25ClN2OS/c22-19-8-10-20(11-9-19)26-14-12-23-21(25)18-7-4-13-24(16-18)15-17-5-2-1-3-6-17/h1-3,5-6,8-11,18H,4,7,12-16H2,(H,23,25). The molecule has 1 atom stereocenters. The van der Waals surface area contributed by atoms with Crippen molar-refractivity contribution in [3.8, 4) is 0 Å². The highest BCUT2D eigenvalue weighted by Gasteiger charge is 2.25. The summed E-state index contributed by atoms with van der Waals surface area (Å²) in [6, 6.07) is 18.3. The minimum absolute atomic E-state index is 0.105. The molecule has 0 radical (unpaired) electrons. The van der Waals surface area contributed by atoms with E-state index in [1.54, 1.807) is 11.8 Å². The molecule has 0 spiro atoms. The monoisotopic (exact) mass is 388 g/mol. The predicted octanol–water partition coefficient (Wildman–Crippen LogP) is 4.46. The number of hydrogen-bond donors (Lipinski definition) is 1. The van der Waals surface area contributed by atoms with Crippen molar-refractivity contribution in [2.75, 3.05) is 25.4 Å². The van der Waals surface area contributed by atoms with Gasteiger partial charge in [-0.2, -0.15) is 0 Å². The first-order valence-corrected chi connectivity index (χ1v) is 10.5. The van der Waals surface area contributed by atoms with Crippen LogP contribution in [0.3, 0.4) is 0 Å². The second-order valence-corrected chi connectivity index (χ2v) is 8.26. The topological polar surface area (TPSA) is 32.3 Å². The summed E-state index contributed by atoms with van der Waals surface area (Å²) in [5.41, 5.74) is 1.31. The van der Waals surface area contributed by atoms with Gasteiger partial charge in [-0.25, -0.2) is 0 Å². The second kappa shape index (κ2) is 10.0. The number of nitrogens with zero attached hydrogens (tertiary/aromatic N) is 1. The molecular weight excluding hydrogens is 364 g/mol. The van der Waals surface area contributed by atoms with E-state index in [0.29, 0.717) is 6.54 Å². The lowest BCUT2D eigenvalue weighted by molar-refractivity contribution is -0.126. The predicted molar refractivity (Wildman–Crippen MR) is 110 cm³/mol. The van der Waals surface area contributed by atoms with Gasteiger partial charge in [0.1, 0.15) is 0 Å². The summed E-state index contributed by atoms with van der Waals surface area (Å²) in [6.07, 6.45) is 2.08. The van der Waals surface area contributed by atoms with Crippen LogP contribution < -0.4 is 5.32 Å². The molecule has 2 aromatic carbocycles. The van der Waals surface area contributed by atoms with Crippen LogP contribution in [0.15, 0.2) is 59.5 Å². The molecule has 0 bridgehead atoms. The Morgan fingerprint density at radius 1 is 1.15 bits per heavy atom. The van der Waals surface area contributed by atoms with Crippen molar-refractivity contribution in [3.63, 3.8) is 0 Å². The fraction of sp³-hybridized carbons (Fsp3) is 0.381. The Balaban J connectivity index is 1.39. The van der Waals surface area contributed by atoms with Crippen LogP contribution >= 0.6 is 23.4 Å². The van der Waals surface area contributed by atoms with Crippen LogP contribution in [0.25, 0.3) is 0 Å². The molecule has 1 aliphatic rings. The third-order valence-corrected chi connectivity index (χ3v) is 5.87. The first-order valence-electron chi connectivity index (χ1n) is 9.13. The summed E-state index contributed by atoms with van der Waals surface area (Å²) >= 11 is 7.63. The SMILES string of the molecule is O=C(NCCSc1ccc(Cl)cc1)C1CCCN(Cc2ccccc2)C1. The number of halogens is 1. The van der Waals surface area contributed by atoms with Crippen LogP contribution in [0.2, 0.25) is 5.02 Å². The molecule has 1 N–H and O–H groups in total. The molecule has 3 rings (SSSR count). The quantitative estimate of drug-likeness (QED) is 0.561. The van der Waals surface area contributed by atoms with Crippen LogP contribution in [-0.2, 0) is 11.3 Å². The van der Waals surface area contributed by atoms with E-state index < -0.39 is 0 Å². The summed E-state index contributed by atoms with van der Waals surface area (Å²) < 4.78 is 0. The number of hydrogen-bond acceptors (Lipinski definition) is 3. The average molecular weight is 389 g/mol. The molecule has 26 heavy (non-hydrogen) atoms. The molecule has 1 fully saturated rings. The van der Waals surface area contributed by atoms with E-state index in [2.05, 4.69) is 34.5 Å². The van der Waals surface area contributed by atoms with Gasteiger partial charge in [0, 0.05) is 35.3 Å². The van der Waals surface area contributed by atoms with E-state index in [1.165, 1.54) is 10.5 Å². The lowest BCUT2D eigenvalue weighted by Crippen LogP contribution is -2.43. The maximum atomic E-state index is 12.5. The maximum Gasteiger partial charge on any atom is 0.224 e. The van der Waals surface area contributed by atoms with E-state index in [9.17, 15) is 4.79 Å². The van der Waals surface area contributed by atoms with Crippen molar-refractivity contribution >= 4 is 29.3 Å². The van der Waals surface area contributed by atoms with Gasteiger partial charge in [-0.15, -0.1) is 11.8 Å². The molecular formula is C21H25ClN2OS. The number of carbonyl (C=O) groups is 1. The van der Waals surface area contributed by atoms with Gasteiger partial charge in [0.2, 0.25) is 5.91 Å². The number of piperidine rings is 1. The van der Waals surface area contributed by atoms with Crippen molar-refractivity contribution in [3.05, 3.63) is 65.2 Å².